The fraction of sp³-hybridized carbons (Fsp3) is 0.286. The van der Waals surface area contributed by atoms with Gasteiger partial charge < -0.3 is 4.79 Å². The zero-order chi connectivity index (χ0) is 6.57. The summed E-state index contributed by atoms with van der Waals surface area (Å²) in [7, 11) is 0. The fourth-order valence-electron chi connectivity index (χ4n) is 0.275. The molecule has 0 N–H and O–H groups in total. The first-order chi connectivity index (χ1) is 3.68. The Hall–Kier alpha value is -0.850. The average molecular weight is 110 g/mol. The molecule has 0 aromatic rings. The van der Waals surface area contributed by atoms with Crippen LogP contribution in [0, 0.1) is 0 Å². The van der Waals surface area contributed by atoms with Crippen LogP contribution in [0.2, 0.25) is 0 Å². The Labute approximate surface area is 49.7 Å². The molecule has 0 unspecified atom stereocenters. The molecule has 0 aliphatic carbocycles. The van der Waals surface area contributed by atoms with E-state index in [9.17, 15) is 4.79 Å². The first-order valence-electron chi connectivity index (χ1n) is 2.45. The molecule has 0 aliphatic heterocycles. The summed E-state index contributed by atoms with van der Waals surface area (Å²) < 4.78 is 0. The predicted molar refractivity (Wildman–Crippen MR) is 34.6 cm³/mol. The maximum atomic E-state index is 9.82. The van der Waals surface area contributed by atoms with Crippen molar-refractivity contribution in [3.8, 4) is 0 Å². The second kappa shape index (κ2) is 3.19. The molecular weight excluding hydrogens is 100 g/mol. The van der Waals surface area contributed by atoms with Crippen molar-refractivity contribution in [1.29, 1.82) is 0 Å². The summed E-state index contributed by atoms with van der Waals surface area (Å²) in [5.41, 5.74) is 1.71. The van der Waals surface area contributed by atoms with Crippen LogP contribution in [0.4, 0.5) is 0 Å². The van der Waals surface area contributed by atoms with Crippen LogP contribution in [0.5, 0.6) is 0 Å². The first kappa shape index (κ1) is 7.15. The van der Waals surface area contributed by atoms with E-state index in [1.54, 1.807) is 0 Å². The standard InChI is InChI=1S/C7H10O/c1-6(2)7(3)4-5-8/h5H,1,3-4H2,2H3. The lowest BCUT2D eigenvalue weighted by Crippen LogP contribution is -1.81. The van der Waals surface area contributed by atoms with Gasteiger partial charge in [0, 0.05) is 6.42 Å². The Morgan fingerprint density at radius 2 is 2.12 bits per heavy atom. The van der Waals surface area contributed by atoms with Crippen molar-refractivity contribution in [1.82, 2.24) is 0 Å². The van der Waals surface area contributed by atoms with Crippen LogP contribution >= 0.6 is 0 Å². The minimum Gasteiger partial charge on any atom is -0.303 e. The number of carbonyl (C=O) groups is 1. The summed E-state index contributed by atoms with van der Waals surface area (Å²) >= 11 is 0. The zero-order valence-corrected chi connectivity index (χ0v) is 5.11. The van der Waals surface area contributed by atoms with Crippen LogP contribution in [-0.2, 0) is 4.79 Å². The van der Waals surface area contributed by atoms with Crippen molar-refractivity contribution < 1.29 is 4.79 Å². The van der Waals surface area contributed by atoms with E-state index in [1.807, 2.05) is 6.92 Å². The van der Waals surface area contributed by atoms with E-state index in [0.717, 1.165) is 17.4 Å². The first-order valence-corrected chi connectivity index (χ1v) is 2.45. The Morgan fingerprint density at radius 1 is 1.62 bits per heavy atom. The van der Waals surface area contributed by atoms with Crippen LogP contribution in [0.15, 0.2) is 24.3 Å². The second-order valence-corrected chi connectivity index (χ2v) is 1.75. The highest BCUT2D eigenvalue weighted by molar-refractivity contribution is 5.56. The van der Waals surface area contributed by atoms with Crippen LogP contribution in [0.1, 0.15) is 13.3 Å². The van der Waals surface area contributed by atoms with E-state index in [2.05, 4.69) is 13.2 Å². The molecule has 0 aromatic carbocycles. The molecule has 44 valence electrons. The summed E-state index contributed by atoms with van der Waals surface area (Å²) in [5.74, 6) is 0. The van der Waals surface area contributed by atoms with Crippen LogP contribution in [-0.4, -0.2) is 6.29 Å². The lowest BCUT2D eigenvalue weighted by Gasteiger charge is -1.94. The van der Waals surface area contributed by atoms with Crippen molar-refractivity contribution in [3.05, 3.63) is 24.3 Å². The van der Waals surface area contributed by atoms with Crippen LogP contribution < -0.4 is 0 Å². The highest BCUT2D eigenvalue weighted by atomic mass is 16.1. The number of allylic oxidation sites excluding steroid dienone is 2. The smallest absolute Gasteiger partial charge is 0.124 e. The van der Waals surface area contributed by atoms with Crippen LogP contribution in [0.3, 0.4) is 0 Å². The summed E-state index contributed by atoms with van der Waals surface area (Å²) in [4.78, 5) is 9.82. The maximum Gasteiger partial charge on any atom is 0.124 e. The Kier molecular flexibility index (Phi) is 2.85. The van der Waals surface area contributed by atoms with E-state index < -0.39 is 0 Å². The Morgan fingerprint density at radius 3 is 2.25 bits per heavy atom. The number of hydrogen-bond acceptors (Lipinski definition) is 1. The monoisotopic (exact) mass is 110 g/mol. The Bertz CT molecular complexity index is 122. The molecule has 0 heterocycles. The highest BCUT2D eigenvalue weighted by Crippen LogP contribution is 2.04. The van der Waals surface area contributed by atoms with Crippen molar-refractivity contribution in [2.24, 2.45) is 0 Å². The molecule has 0 bridgehead atoms. The van der Waals surface area contributed by atoms with Gasteiger partial charge in [-0.25, -0.2) is 0 Å². The second-order valence-electron chi connectivity index (χ2n) is 1.75. The van der Waals surface area contributed by atoms with Gasteiger partial charge >= 0.3 is 0 Å². The molecule has 0 radical (unpaired) electrons. The SMILES string of the molecule is C=C(C)C(=C)CC=O. The Balaban J connectivity index is 3.65. The van der Waals surface area contributed by atoms with Gasteiger partial charge in [0.1, 0.15) is 6.29 Å². The highest BCUT2D eigenvalue weighted by Gasteiger charge is 1.89. The minimum atomic E-state index is 0.412. The maximum absolute atomic E-state index is 9.82. The third-order valence-corrected chi connectivity index (χ3v) is 0.933. The molecule has 1 nitrogen and oxygen atoms in total. The molecule has 0 fully saturated rings. The lowest BCUT2D eigenvalue weighted by atomic mass is 10.1. The average Bonchev–Trinajstić information content (AvgIpc) is 1.67. The summed E-state index contributed by atoms with van der Waals surface area (Å²) in [6.07, 6.45) is 1.24. The van der Waals surface area contributed by atoms with E-state index in [-0.39, 0.29) is 0 Å². The number of carbonyl (C=O) groups excluding carboxylic acids is 1. The van der Waals surface area contributed by atoms with E-state index in [4.69, 9.17) is 0 Å². The summed E-state index contributed by atoms with van der Waals surface area (Å²) in [6.45, 7) is 9.07. The number of hydrogen-bond donors (Lipinski definition) is 0. The summed E-state index contributed by atoms with van der Waals surface area (Å²) in [5, 5.41) is 0. The molecule has 0 aromatic heterocycles. The van der Waals surface area contributed by atoms with Crippen molar-refractivity contribution in [2.45, 2.75) is 13.3 Å². The number of rotatable bonds is 3. The van der Waals surface area contributed by atoms with Crippen molar-refractivity contribution in [2.75, 3.05) is 0 Å². The van der Waals surface area contributed by atoms with Gasteiger partial charge in [0.05, 0.1) is 0 Å². The molecule has 0 amide bonds. The van der Waals surface area contributed by atoms with E-state index in [0.29, 0.717) is 6.42 Å². The van der Waals surface area contributed by atoms with Gasteiger partial charge in [-0.15, -0.1) is 0 Å². The molecule has 1 heteroatoms. The molecule has 0 saturated carbocycles. The number of aldehydes is 1. The molecule has 0 aliphatic rings. The van der Waals surface area contributed by atoms with Gasteiger partial charge in [0.25, 0.3) is 0 Å². The van der Waals surface area contributed by atoms with Gasteiger partial charge in [-0.1, -0.05) is 18.7 Å². The van der Waals surface area contributed by atoms with Gasteiger partial charge in [0.2, 0.25) is 0 Å². The molecule has 8 heavy (non-hydrogen) atoms. The quantitative estimate of drug-likeness (QED) is 0.399. The lowest BCUT2D eigenvalue weighted by molar-refractivity contribution is -0.107. The van der Waals surface area contributed by atoms with E-state index in [1.165, 1.54) is 0 Å². The van der Waals surface area contributed by atoms with Crippen LogP contribution in [0.25, 0.3) is 0 Å². The van der Waals surface area contributed by atoms with Gasteiger partial charge in [-0.05, 0) is 12.5 Å². The van der Waals surface area contributed by atoms with Gasteiger partial charge in [-0.2, -0.15) is 0 Å². The molecular formula is C7H10O. The molecule has 0 saturated heterocycles. The normalized spacial score (nSPS) is 8.12. The predicted octanol–water partition coefficient (Wildman–Crippen LogP) is 1.71. The third-order valence-electron chi connectivity index (χ3n) is 0.933. The molecule has 0 spiro atoms. The largest absolute Gasteiger partial charge is 0.303 e. The minimum absolute atomic E-state index is 0.412. The molecule has 0 rings (SSSR count). The van der Waals surface area contributed by atoms with Crippen molar-refractivity contribution in [3.63, 3.8) is 0 Å². The summed E-state index contributed by atoms with van der Waals surface area (Å²) in [6, 6.07) is 0. The zero-order valence-electron chi connectivity index (χ0n) is 5.11. The van der Waals surface area contributed by atoms with Gasteiger partial charge in [0.15, 0.2) is 0 Å². The van der Waals surface area contributed by atoms with Crippen molar-refractivity contribution >= 4 is 6.29 Å². The third kappa shape index (κ3) is 2.35. The van der Waals surface area contributed by atoms with E-state index >= 15 is 0 Å². The fourth-order valence-corrected chi connectivity index (χ4v) is 0.275. The van der Waals surface area contributed by atoms with Gasteiger partial charge in [-0.3, -0.25) is 0 Å². The topological polar surface area (TPSA) is 17.1 Å². The molecule has 0 atom stereocenters.